The molecule has 5 atom stereocenters. The van der Waals surface area contributed by atoms with Crippen LogP contribution >= 0.6 is 0 Å². The van der Waals surface area contributed by atoms with E-state index in [2.05, 4.69) is 53.3 Å². The van der Waals surface area contributed by atoms with Gasteiger partial charge in [-0.15, -0.1) is 0 Å². The van der Waals surface area contributed by atoms with Crippen molar-refractivity contribution in [3.05, 3.63) is 35.5 Å². The number of carbonyl (C=O) groups is 1. The Morgan fingerprint density at radius 2 is 1.56 bits per heavy atom. The van der Waals surface area contributed by atoms with Gasteiger partial charge in [-0.05, 0) is 86.0 Å². The Morgan fingerprint density at radius 3 is 2.23 bits per heavy atom. The van der Waals surface area contributed by atoms with Gasteiger partial charge in [0.25, 0.3) is 0 Å². The van der Waals surface area contributed by atoms with Gasteiger partial charge in [-0.3, -0.25) is 4.79 Å². The van der Waals surface area contributed by atoms with Crippen molar-refractivity contribution in [2.75, 3.05) is 0 Å². The molecule has 3 aliphatic rings. The lowest BCUT2D eigenvalue weighted by atomic mass is 9.60. The van der Waals surface area contributed by atoms with Gasteiger partial charge in [0.15, 0.2) is 0 Å². The first-order chi connectivity index (χ1) is 20.7. The summed E-state index contributed by atoms with van der Waals surface area (Å²) in [5, 5.41) is 0. The van der Waals surface area contributed by atoms with E-state index in [4.69, 9.17) is 4.74 Å². The molecule has 0 amide bonds. The molecule has 0 bridgehead atoms. The molecule has 2 nitrogen and oxygen atoms in total. The van der Waals surface area contributed by atoms with Gasteiger partial charge in [-0.2, -0.15) is 0 Å². The van der Waals surface area contributed by atoms with Crippen molar-refractivity contribution in [1.29, 1.82) is 0 Å². The third-order valence-electron chi connectivity index (χ3n) is 11.6. The number of fused-ring (bicyclic) bond motifs is 1. The van der Waals surface area contributed by atoms with Crippen LogP contribution in [0.1, 0.15) is 182 Å². The molecule has 2 heteroatoms. The Kier molecular flexibility index (Phi) is 16.2. The highest BCUT2D eigenvalue weighted by molar-refractivity contribution is 5.69. The average Bonchev–Trinajstić information content (AvgIpc) is 3.33. The average molecular weight is 595 g/mol. The highest BCUT2D eigenvalue weighted by Crippen LogP contribution is 2.60. The summed E-state index contributed by atoms with van der Waals surface area (Å²) in [6.07, 6.45) is 33.4. The highest BCUT2D eigenvalue weighted by atomic mass is 16.5. The van der Waals surface area contributed by atoms with Crippen LogP contribution in [0.25, 0.3) is 0 Å². The smallest absolute Gasteiger partial charge is 0.306 e. The molecule has 43 heavy (non-hydrogen) atoms. The Bertz CT molecular complexity index is 893. The van der Waals surface area contributed by atoms with Crippen LogP contribution in [0.2, 0.25) is 0 Å². The van der Waals surface area contributed by atoms with Gasteiger partial charge in [-0.25, -0.2) is 0 Å². The lowest BCUT2D eigenvalue weighted by Gasteiger charge is -2.44. The van der Waals surface area contributed by atoms with E-state index in [1.165, 1.54) is 120 Å². The van der Waals surface area contributed by atoms with Gasteiger partial charge in [-0.1, -0.05) is 148 Å². The topological polar surface area (TPSA) is 26.3 Å². The van der Waals surface area contributed by atoms with Crippen molar-refractivity contribution in [2.45, 2.75) is 188 Å². The highest BCUT2D eigenvalue weighted by Gasteiger charge is 2.50. The van der Waals surface area contributed by atoms with E-state index in [1.54, 1.807) is 5.57 Å². The number of unbranched alkanes of at least 4 members (excludes halogenated alkanes) is 10. The summed E-state index contributed by atoms with van der Waals surface area (Å²) in [5.41, 5.74) is 4.71. The molecule has 0 aromatic rings. The Hall–Kier alpha value is -1.31. The lowest BCUT2D eigenvalue weighted by molar-refractivity contribution is -0.149. The zero-order valence-electron chi connectivity index (χ0n) is 29.3. The van der Waals surface area contributed by atoms with Crippen molar-refractivity contribution in [3.63, 3.8) is 0 Å². The third-order valence-corrected chi connectivity index (χ3v) is 11.6. The first kappa shape index (κ1) is 36.2. The monoisotopic (exact) mass is 595 g/mol. The maximum absolute atomic E-state index is 12.6. The fraction of sp³-hybridized carbons (Fsp3) is 0.829. The molecule has 0 heterocycles. The quantitative estimate of drug-likeness (QED) is 0.110. The van der Waals surface area contributed by atoms with Crippen LogP contribution in [-0.2, 0) is 9.53 Å². The van der Waals surface area contributed by atoms with E-state index in [0.29, 0.717) is 11.8 Å². The van der Waals surface area contributed by atoms with Gasteiger partial charge in [0.2, 0.25) is 0 Å². The summed E-state index contributed by atoms with van der Waals surface area (Å²) >= 11 is 0. The molecule has 0 radical (unpaired) electrons. The molecule has 0 spiro atoms. The van der Waals surface area contributed by atoms with Crippen molar-refractivity contribution in [3.8, 4) is 0 Å². The number of esters is 1. The summed E-state index contributed by atoms with van der Waals surface area (Å²) in [4.78, 5) is 12.6. The van der Waals surface area contributed by atoms with Gasteiger partial charge in [0.05, 0.1) is 0 Å². The molecule has 0 saturated heterocycles. The minimum absolute atomic E-state index is 0.00806. The van der Waals surface area contributed by atoms with Crippen LogP contribution < -0.4 is 0 Å². The fourth-order valence-electron chi connectivity index (χ4n) is 8.92. The Labute approximate surface area is 268 Å². The first-order valence-corrected chi connectivity index (χ1v) is 19.0. The first-order valence-electron chi connectivity index (χ1n) is 19.0. The van der Waals surface area contributed by atoms with E-state index in [1.807, 2.05) is 0 Å². The van der Waals surface area contributed by atoms with E-state index < -0.39 is 0 Å². The normalized spacial score (nSPS) is 28.5. The molecule has 3 aliphatic carbocycles. The molecule has 0 aliphatic heterocycles. The zero-order chi connectivity index (χ0) is 31.1. The van der Waals surface area contributed by atoms with Crippen LogP contribution in [0, 0.1) is 29.1 Å². The lowest BCUT2D eigenvalue weighted by Crippen LogP contribution is -2.36. The molecule has 0 aromatic carbocycles. The van der Waals surface area contributed by atoms with Crippen molar-refractivity contribution < 1.29 is 9.53 Å². The van der Waals surface area contributed by atoms with E-state index in [-0.39, 0.29) is 12.1 Å². The van der Waals surface area contributed by atoms with Crippen molar-refractivity contribution >= 4 is 5.97 Å². The fourth-order valence-corrected chi connectivity index (χ4v) is 8.92. The summed E-state index contributed by atoms with van der Waals surface area (Å²) in [7, 11) is 0. The second-order valence-electron chi connectivity index (χ2n) is 15.6. The van der Waals surface area contributed by atoms with Gasteiger partial charge in [0.1, 0.15) is 6.10 Å². The Balaban J connectivity index is 1.41. The van der Waals surface area contributed by atoms with Crippen molar-refractivity contribution in [2.24, 2.45) is 29.1 Å². The summed E-state index contributed by atoms with van der Waals surface area (Å²) in [6, 6.07) is 0. The maximum Gasteiger partial charge on any atom is 0.306 e. The van der Waals surface area contributed by atoms with Crippen LogP contribution in [-0.4, -0.2) is 12.1 Å². The molecule has 3 fully saturated rings. The van der Waals surface area contributed by atoms with E-state index in [9.17, 15) is 4.79 Å². The number of hydrogen-bond acceptors (Lipinski definition) is 2. The standard InChI is InChI=1S/C41H70O2/c1-7-8-9-10-11-12-13-14-15-16-17-23-40(42)43-37-27-24-33(4)36(31-37)26-25-35-22-19-30-41(6)38(28-29-39(35)41)34(5)21-18-20-32(2)3/h25-26,32,34,37-39H,4,7-24,27-31H2,1-3,5-6H3/b35-25+,36-26-/t34-,37+,38-,39+,41-/m1/s1. The minimum Gasteiger partial charge on any atom is -0.462 e. The Morgan fingerprint density at radius 1 is 0.884 bits per heavy atom. The maximum atomic E-state index is 12.6. The molecule has 3 saturated carbocycles. The molecule has 3 rings (SSSR count). The summed E-state index contributed by atoms with van der Waals surface area (Å²) < 4.78 is 5.98. The molecule has 0 unspecified atom stereocenters. The number of hydrogen-bond donors (Lipinski definition) is 0. The molecule has 0 aromatic heterocycles. The second kappa shape index (κ2) is 19.3. The van der Waals surface area contributed by atoms with Crippen molar-refractivity contribution in [1.82, 2.24) is 0 Å². The van der Waals surface area contributed by atoms with Gasteiger partial charge < -0.3 is 4.74 Å². The van der Waals surface area contributed by atoms with E-state index >= 15 is 0 Å². The third kappa shape index (κ3) is 11.9. The largest absolute Gasteiger partial charge is 0.462 e. The molecule has 0 N–H and O–H groups in total. The SMILES string of the molecule is C=C1CC[C@H](OC(=O)CCCCCCCCCCCCC)C/C1=C/C=C1\CCC[C@]2(C)[C@@H]([C@H](C)CCCC(C)C)CC[C@@H]12. The predicted octanol–water partition coefficient (Wildman–Crippen LogP) is 12.9. The zero-order valence-corrected chi connectivity index (χ0v) is 29.3. The second-order valence-corrected chi connectivity index (χ2v) is 15.6. The molecular weight excluding hydrogens is 524 g/mol. The molecule has 246 valence electrons. The predicted molar refractivity (Wildman–Crippen MR) is 186 cm³/mol. The van der Waals surface area contributed by atoms with Crippen LogP contribution in [0.15, 0.2) is 35.5 Å². The van der Waals surface area contributed by atoms with Gasteiger partial charge in [0, 0.05) is 12.8 Å². The van der Waals surface area contributed by atoms with Gasteiger partial charge >= 0.3 is 5.97 Å². The number of ether oxygens (including phenoxy) is 1. The van der Waals surface area contributed by atoms with Crippen LogP contribution in [0.5, 0.6) is 0 Å². The number of rotatable bonds is 19. The summed E-state index contributed by atoms with van der Waals surface area (Å²) in [5.74, 6) is 3.28. The molecular formula is C41H70O2. The van der Waals surface area contributed by atoms with Crippen LogP contribution in [0.4, 0.5) is 0 Å². The number of carbonyl (C=O) groups excluding carboxylic acids is 1. The summed E-state index contributed by atoms with van der Waals surface area (Å²) in [6.45, 7) is 16.6. The minimum atomic E-state index is 0.00806. The van der Waals surface area contributed by atoms with Crippen LogP contribution in [0.3, 0.4) is 0 Å². The van der Waals surface area contributed by atoms with E-state index in [0.717, 1.165) is 55.8 Å². The number of allylic oxidation sites excluding steroid dienone is 4.